The number of ketones is 1. The zero-order valence-corrected chi connectivity index (χ0v) is 15.4. The summed E-state index contributed by atoms with van der Waals surface area (Å²) in [5, 5.41) is 0. The largest absolute Gasteiger partial charge is 0.493 e. The molecule has 1 aromatic carbocycles. The molecule has 26 heavy (non-hydrogen) atoms. The van der Waals surface area contributed by atoms with Crippen molar-refractivity contribution in [1.82, 2.24) is 0 Å². The van der Waals surface area contributed by atoms with Gasteiger partial charge >= 0.3 is 11.9 Å². The highest BCUT2D eigenvalue weighted by atomic mass is 16.5. The Morgan fingerprint density at radius 2 is 1.42 bits per heavy atom. The average molecular weight is 366 g/mol. The molecule has 1 aliphatic rings. The van der Waals surface area contributed by atoms with E-state index in [0.717, 1.165) is 0 Å². The Balaban J connectivity index is 2.74. The third-order valence-electron chi connectivity index (χ3n) is 4.14. The van der Waals surface area contributed by atoms with Crippen LogP contribution in [-0.4, -0.2) is 52.3 Å². The normalized spacial score (nSPS) is 18.1. The Hall–Kier alpha value is -2.77. The van der Waals surface area contributed by atoms with Crippen LogP contribution in [0.3, 0.4) is 0 Å². The minimum Gasteiger partial charge on any atom is -0.493 e. The molecule has 1 aromatic rings. The van der Waals surface area contributed by atoms with Gasteiger partial charge in [-0.15, -0.1) is 0 Å². The summed E-state index contributed by atoms with van der Waals surface area (Å²) in [6, 6.07) is 1.43. The number of esters is 2. The third-order valence-corrected chi connectivity index (χ3v) is 4.14. The van der Waals surface area contributed by atoms with E-state index < -0.39 is 29.6 Å². The van der Waals surface area contributed by atoms with Crippen LogP contribution in [0.5, 0.6) is 17.2 Å². The molecule has 2 atom stereocenters. The summed E-state index contributed by atoms with van der Waals surface area (Å²) in [5.41, 5.74) is 0.391. The van der Waals surface area contributed by atoms with Crippen LogP contribution in [0.1, 0.15) is 35.7 Å². The molecule has 0 amide bonds. The average Bonchev–Trinajstić information content (AvgIpc) is 2.93. The molecule has 8 heteroatoms. The maximum Gasteiger partial charge on any atom is 0.318 e. The number of Topliss-reactive ketones (excluding diaryl/α,β-unsaturated/α-hetero) is 1. The lowest BCUT2D eigenvalue weighted by Gasteiger charge is -2.20. The van der Waals surface area contributed by atoms with Gasteiger partial charge in [0.2, 0.25) is 5.75 Å². The molecule has 1 aliphatic carbocycles. The van der Waals surface area contributed by atoms with E-state index in [1.54, 1.807) is 13.8 Å². The van der Waals surface area contributed by atoms with Gasteiger partial charge in [-0.2, -0.15) is 0 Å². The molecule has 2 rings (SSSR count). The lowest BCUT2D eigenvalue weighted by molar-refractivity contribution is -0.154. The number of benzene rings is 1. The fraction of sp³-hybridized carbons (Fsp3) is 0.500. The van der Waals surface area contributed by atoms with Crippen molar-refractivity contribution in [3.63, 3.8) is 0 Å². The Labute approximate surface area is 151 Å². The molecule has 0 bridgehead atoms. The summed E-state index contributed by atoms with van der Waals surface area (Å²) in [5.74, 6) is -3.92. The van der Waals surface area contributed by atoms with Crippen molar-refractivity contribution in [2.24, 2.45) is 5.92 Å². The smallest absolute Gasteiger partial charge is 0.318 e. The second-order valence-electron chi connectivity index (χ2n) is 5.43. The molecule has 0 fully saturated rings. The van der Waals surface area contributed by atoms with Gasteiger partial charge in [0.25, 0.3) is 0 Å². The summed E-state index contributed by atoms with van der Waals surface area (Å²) < 4.78 is 26.1. The summed E-state index contributed by atoms with van der Waals surface area (Å²) in [4.78, 5) is 37.9. The highest BCUT2D eigenvalue weighted by Gasteiger charge is 2.52. The first-order valence-corrected chi connectivity index (χ1v) is 8.16. The Kier molecular flexibility index (Phi) is 6.07. The van der Waals surface area contributed by atoms with Gasteiger partial charge in [0, 0.05) is 11.1 Å². The highest BCUT2D eigenvalue weighted by Crippen LogP contribution is 2.51. The number of hydrogen-bond acceptors (Lipinski definition) is 8. The predicted octanol–water partition coefficient (Wildman–Crippen LogP) is 1.73. The molecule has 0 aromatic heterocycles. The molecule has 142 valence electrons. The minimum absolute atomic E-state index is 0.0816. The van der Waals surface area contributed by atoms with Gasteiger partial charge in [-0.3, -0.25) is 14.4 Å². The van der Waals surface area contributed by atoms with Crippen LogP contribution < -0.4 is 14.2 Å². The van der Waals surface area contributed by atoms with Crippen molar-refractivity contribution in [1.29, 1.82) is 0 Å². The van der Waals surface area contributed by atoms with Gasteiger partial charge < -0.3 is 23.7 Å². The highest BCUT2D eigenvalue weighted by molar-refractivity contribution is 6.17. The van der Waals surface area contributed by atoms with Gasteiger partial charge in [0.1, 0.15) is 11.8 Å². The standard InChI is InChI=1S/C18H22O8/c1-6-25-17(20)12-11-9(14(19)13(12)18(21)26-7-2)8-10(22-3)15(23-4)16(11)24-5/h8,12-13H,6-7H2,1-5H3/t12-,13+/m1/s1. The quantitative estimate of drug-likeness (QED) is 0.532. The molecule has 0 saturated carbocycles. The number of carbonyl (C=O) groups is 3. The number of carbonyl (C=O) groups excluding carboxylic acids is 3. The molecule has 0 unspecified atom stereocenters. The number of fused-ring (bicyclic) bond motifs is 1. The van der Waals surface area contributed by atoms with Crippen LogP contribution in [0.25, 0.3) is 0 Å². The molecule has 0 radical (unpaired) electrons. The van der Waals surface area contributed by atoms with Crippen LogP contribution in [0.4, 0.5) is 0 Å². The lowest BCUT2D eigenvalue weighted by Crippen LogP contribution is -2.31. The number of hydrogen-bond donors (Lipinski definition) is 0. The zero-order valence-electron chi connectivity index (χ0n) is 15.4. The first-order chi connectivity index (χ1) is 12.5. The maximum atomic E-state index is 12.9. The van der Waals surface area contributed by atoms with Gasteiger partial charge in [0.05, 0.1) is 34.5 Å². The van der Waals surface area contributed by atoms with E-state index in [1.165, 1.54) is 27.4 Å². The molecule has 0 heterocycles. The Morgan fingerprint density at radius 3 is 1.88 bits per heavy atom. The fourth-order valence-corrected chi connectivity index (χ4v) is 3.14. The van der Waals surface area contributed by atoms with Crippen molar-refractivity contribution < 1.29 is 38.1 Å². The summed E-state index contributed by atoms with van der Waals surface area (Å²) in [6.45, 7) is 3.44. The number of rotatable bonds is 7. The van der Waals surface area contributed by atoms with Gasteiger partial charge in [-0.05, 0) is 19.9 Å². The van der Waals surface area contributed by atoms with Crippen molar-refractivity contribution in [3.8, 4) is 17.2 Å². The number of methoxy groups -OCH3 is 3. The lowest BCUT2D eigenvalue weighted by atomic mass is 9.91. The Bertz CT molecular complexity index is 724. The molecule has 8 nitrogen and oxygen atoms in total. The number of ether oxygens (including phenoxy) is 5. The topological polar surface area (TPSA) is 97.4 Å². The first-order valence-electron chi connectivity index (χ1n) is 8.16. The van der Waals surface area contributed by atoms with Gasteiger partial charge in [-0.1, -0.05) is 0 Å². The van der Waals surface area contributed by atoms with E-state index in [-0.39, 0.29) is 41.6 Å². The van der Waals surface area contributed by atoms with Crippen molar-refractivity contribution >= 4 is 17.7 Å². The third kappa shape index (κ3) is 3.07. The van der Waals surface area contributed by atoms with Crippen LogP contribution in [0.15, 0.2) is 6.07 Å². The van der Waals surface area contributed by atoms with Gasteiger partial charge in [-0.25, -0.2) is 0 Å². The molecular weight excluding hydrogens is 344 g/mol. The predicted molar refractivity (Wildman–Crippen MR) is 89.9 cm³/mol. The fourth-order valence-electron chi connectivity index (χ4n) is 3.14. The van der Waals surface area contributed by atoms with E-state index in [2.05, 4.69) is 0 Å². The molecule has 0 spiro atoms. The Morgan fingerprint density at radius 1 is 0.885 bits per heavy atom. The summed E-state index contributed by atoms with van der Waals surface area (Å²) >= 11 is 0. The molecular formula is C18H22O8. The van der Waals surface area contributed by atoms with E-state index in [1.807, 2.05) is 0 Å². The molecule has 0 N–H and O–H groups in total. The van der Waals surface area contributed by atoms with E-state index in [4.69, 9.17) is 23.7 Å². The van der Waals surface area contributed by atoms with Crippen molar-refractivity contribution in [3.05, 3.63) is 17.2 Å². The van der Waals surface area contributed by atoms with Gasteiger partial charge in [0.15, 0.2) is 17.3 Å². The van der Waals surface area contributed by atoms with Crippen molar-refractivity contribution in [2.75, 3.05) is 34.5 Å². The van der Waals surface area contributed by atoms with E-state index in [9.17, 15) is 14.4 Å². The minimum atomic E-state index is -1.34. The van der Waals surface area contributed by atoms with Crippen molar-refractivity contribution in [2.45, 2.75) is 19.8 Å². The SMILES string of the molecule is CCOC(=O)[C@@H]1C(=O)c2cc(OC)c(OC)c(OC)c2[C@H]1C(=O)OCC. The molecule has 0 aliphatic heterocycles. The van der Waals surface area contributed by atoms with Crippen LogP contribution in [0, 0.1) is 5.92 Å². The van der Waals surface area contributed by atoms with Crippen LogP contribution in [-0.2, 0) is 19.1 Å². The second kappa shape index (κ2) is 8.07. The summed E-state index contributed by atoms with van der Waals surface area (Å²) in [7, 11) is 4.20. The van der Waals surface area contributed by atoms with E-state index in [0.29, 0.717) is 0 Å². The summed E-state index contributed by atoms with van der Waals surface area (Å²) in [6.07, 6.45) is 0. The monoisotopic (exact) mass is 366 g/mol. The van der Waals surface area contributed by atoms with E-state index >= 15 is 0 Å². The molecule has 0 saturated heterocycles. The second-order valence-corrected chi connectivity index (χ2v) is 5.43. The maximum absolute atomic E-state index is 12.9. The van der Waals surface area contributed by atoms with Crippen LogP contribution >= 0.6 is 0 Å². The van der Waals surface area contributed by atoms with Crippen LogP contribution in [0.2, 0.25) is 0 Å². The first kappa shape index (κ1) is 19.6. The zero-order chi connectivity index (χ0) is 19.4.